The van der Waals surface area contributed by atoms with Crippen molar-refractivity contribution in [1.82, 2.24) is 4.90 Å². The minimum absolute atomic E-state index is 0.161. The van der Waals surface area contributed by atoms with Crippen LogP contribution in [0.1, 0.15) is 6.42 Å². The van der Waals surface area contributed by atoms with Crippen molar-refractivity contribution < 1.29 is 14.7 Å². The van der Waals surface area contributed by atoms with Crippen LogP contribution in [0.5, 0.6) is 0 Å². The lowest BCUT2D eigenvalue weighted by atomic mass is 10.3. The Morgan fingerprint density at radius 2 is 1.90 bits per heavy atom. The molecular weight excluding hydrogens is 134 g/mol. The highest BCUT2D eigenvalue weighted by atomic mass is 16.4. The molecule has 0 spiro atoms. The van der Waals surface area contributed by atoms with Crippen LogP contribution in [0.15, 0.2) is 0 Å². The van der Waals surface area contributed by atoms with Gasteiger partial charge in [-0.25, -0.2) is 0 Å². The van der Waals surface area contributed by atoms with E-state index in [2.05, 4.69) is 0 Å². The van der Waals surface area contributed by atoms with Gasteiger partial charge < -0.3 is 14.8 Å². The van der Waals surface area contributed by atoms with E-state index in [4.69, 9.17) is 0 Å². The van der Waals surface area contributed by atoms with Crippen molar-refractivity contribution in [2.45, 2.75) is 6.42 Å². The molecule has 0 aromatic rings. The van der Waals surface area contributed by atoms with Gasteiger partial charge in [0.05, 0.1) is 6.54 Å². The van der Waals surface area contributed by atoms with Gasteiger partial charge in [-0.3, -0.25) is 4.79 Å². The van der Waals surface area contributed by atoms with E-state index in [0.717, 1.165) is 0 Å². The lowest BCUT2D eigenvalue weighted by Crippen LogP contribution is -2.30. The summed E-state index contributed by atoms with van der Waals surface area (Å²) in [7, 11) is 3.40. The summed E-state index contributed by atoms with van der Waals surface area (Å²) in [4.78, 5) is 22.1. The molecule has 0 aromatic carbocycles. The largest absolute Gasteiger partial charge is 0.550 e. The number of ketones is 1. The third kappa shape index (κ3) is 5.24. The topological polar surface area (TPSA) is 60.4 Å². The molecule has 0 bridgehead atoms. The van der Waals surface area contributed by atoms with Crippen LogP contribution in [0.4, 0.5) is 0 Å². The molecular formula is C6H10NO3-. The van der Waals surface area contributed by atoms with E-state index in [1.54, 1.807) is 19.0 Å². The Hall–Kier alpha value is -0.900. The molecule has 0 aliphatic carbocycles. The van der Waals surface area contributed by atoms with Crippen molar-refractivity contribution in [2.24, 2.45) is 0 Å². The van der Waals surface area contributed by atoms with E-state index in [9.17, 15) is 14.7 Å². The molecule has 10 heavy (non-hydrogen) atoms. The number of nitrogens with zero attached hydrogens (tertiary/aromatic N) is 1. The summed E-state index contributed by atoms with van der Waals surface area (Å²) < 4.78 is 0. The third-order valence-corrected chi connectivity index (χ3v) is 0.834. The molecule has 0 saturated heterocycles. The molecule has 0 radical (unpaired) electrons. The van der Waals surface area contributed by atoms with Gasteiger partial charge in [-0.2, -0.15) is 0 Å². The number of carbonyl (C=O) groups excluding carboxylic acids is 2. The predicted molar refractivity (Wildman–Crippen MR) is 33.2 cm³/mol. The Bertz CT molecular complexity index is 142. The molecule has 0 aliphatic rings. The standard InChI is InChI=1S/C6H11NO3/c1-7(2)4-5(8)3-6(9)10/h3-4H2,1-2H3,(H,9,10)/p-1. The van der Waals surface area contributed by atoms with E-state index in [1.807, 2.05) is 0 Å². The molecule has 0 N–H and O–H groups in total. The minimum Gasteiger partial charge on any atom is -0.550 e. The van der Waals surface area contributed by atoms with Gasteiger partial charge in [-0.1, -0.05) is 0 Å². The van der Waals surface area contributed by atoms with Gasteiger partial charge in [0.25, 0.3) is 0 Å². The van der Waals surface area contributed by atoms with Crippen LogP contribution in [0, 0.1) is 0 Å². The normalized spacial score (nSPS) is 9.90. The second-order valence-corrected chi connectivity index (χ2v) is 2.33. The van der Waals surface area contributed by atoms with Gasteiger partial charge in [-0.05, 0) is 14.1 Å². The maximum absolute atomic E-state index is 10.6. The molecule has 0 aromatic heterocycles. The second kappa shape index (κ2) is 4.00. The third-order valence-electron chi connectivity index (χ3n) is 0.834. The molecule has 0 unspecified atom stereocenters. The zero-order valence-corrected chi connectivity index (χ0v) is 6.09. The van der Waals surface area contributed by atoms with Crippen molar-refractivity contribution in [1.29, 1.82) is 0 Å². The molecule has 0 atom stereocenters. The van der Waals surface area contributed by atoms with Crippen LogP contribution in [-0.2, 0) is 9.59 Å². The van der Waals surface area contributed by atoms with E-state index in [1.165, 1.54) is 0 Å². The first-order valence-electron chi connectivity index (χ1n) is 2.88. The average molecular weight is 144 g/mol. The first-order valence-corrected chi connectivity index (χ1v) is 2.88. The number of carboxylic acids is 1. The number of carbonyl (C=O) groups is 2. The smallest absolute Gasteiger partial charge is 0.152 e. The van der Waals surface area contributed by atoms with Crippen molar-refractivity contribution in [3.05, 3.63) is 0 Å². The van der Waals surface area contributed by atoms with Crippen LogP contribution in [-0.4, -0.2) is 37.3 Å². The maximum atomic E-state index is 10.6. The number of rotatable bonds is 4. The van der Waals surface area contributed by atoms with Gasteiger partial charge in [0.2, 0.25) is 0 Å². The van der Waals surface area contributed by atoms with Crippen LogP contribution in [0.2, 0.25) is 0 Å². The highest BCUT2D eigenvalue weighted by Crippen LogP contribution is 1.83. The molecule has 0 heterocycles. The summed E-state index contributed by atoms with van der Waals surface area (Å²) in [6, 6.07) is 0. The monoisotopic (exact) mass is 144 g/mol. The highest BCUT2D eigenvalue weighted by Gasteiger charge is 2.02. The van der Waals surface area contributed by atoms with E-state index < -0.39 is 12.4 Å². The van der Waals surface area contributed by atoms with Crippen molar-refractivity contribution >= 4 is 11.8 Å². The average Bonchev–Trinajstić information content (AvgIpc) is 1.58. The van der Waals surface area contributed by atoms with Gasteiger partial charge >= 0.3 is 0 Å². The van der Waals surface area contributed by atoms with E-state index in [-0.39, 0.29) is 12.3 Å². The predicted octanol–water partition coefficient (Wildman–Crippen LogP) is -1.74. The molecule has 4 heteroatoms. The molecule has 0 amide bonds. The number of aliphatic carboxylic acids is 1. The Kier molecular flexibility index (Phi) is 3.64. The van der Waals surface area contributed by atoms with Crippen molar-refractivity contribution in [3.63, 3.8) is 0 Å². The maximum Gasteiger partial charge on any atom is 0.152 e. The van der Waals surface area contributed by atoms with Crippen molar-refractivity contribution in [3.8, 4) is 0 Å². The number of Topliss-reactive ketones (excluding diaryl/α,β-unsaturated/α-hetero) is 1. The molecule has 0 aliphatic heterocycles. The lowest BCUT2D eigenvalue weighted by Gasteiger charge is -2.07. The first-order chi connectivity index (χ1) is 4.52. The zero-order chi connectivity index (χ0) is 8.15. The number of likely N-dealkylation sites (N-methyl/N-ethyl adjacent to an activating group) is 1. The molecule has 4 nitrogen and oxygen atoms in total. The number of carboxylic acid groups (broad SMARTS) is 1. The van der Waals surface area contributed by atoms with E-state index >= 15 is 0 Å². The van der Waals surface area contributed by atoms with Gasteiger partial charge in [-0.15, -0.1) is 0 Å². The molecule has 58 valence electrons. The van der Waals surface area contributed by atoms with Crippen LogP contribution >= 0.6 is 0 Å². The molecule has 0 fully saturated rings. The highest BCUT2D eigenvalue weighted by molar-refractivity contribution is 5.94. The summed E-state index contributed by atoms with van der Waals surface area (Å²) in [5.41, 5.74) is 0. The number of hydrogen-bond acceptors (Lipinski definition) is 4. The molecule has 0 saturated carbocycles. The summed E-state index contributed by atoms with van der Waals surface area (Å²) >= 11 is 0. The van der Waals surface area contributed by atoms with Gasteiger partial charge in [0, 0.05) is 12.4 Å². The quantitative estimate of drug-likeness (QED) is 0.439. The SMILES string of the molecule is CN(C)CC(=O)CC(=O)[O-]. The van der Waals surface area contributed by atoms with Crippen LogP contribution in [0.3, 0.4) is 0 Å². The second-order valence-electron chi connectivity index (χ2n) is 2.33. The lowest BCUT2D eigenvalue weighted by molar-refractivity contribution is -0.304. The van der Waals surface area contributed by atoms with E-state index in [0.29, 0.717) is 0 Å². The zero-order valence-electron chi connectivity index (χ0n) is 6.09. The van der Waals surface area contributed by atoms with Gasteiger partial charge in [0.15, 0.2) is 5.78 Å². The fraction of sp³-hybridized carbons (Fsp3) is 0.667. The Morgan fingerprint density at radius 1 is 1.40 bits per heavy atom. The summed E-state index contributed by atoms with van der Waals surface area (Å²) in [5, 5.41) is 9.84. The van der Waals surface area contributed by atoms with Crippen LogP contribution in [0.25, 0.3) is 0 Å². The fourth-order valence-corrected chi connectivity index (χ4v) is 0.570. The Balaban J connectivity index is 3.54. The summed E-state index contributed by atoms with van der Waals surface area (Å²) in [6.07, 6.45) is -0.488. The Morgan fingerprint density at radius 3 is 2.20 bits per heavy atom. The first kappa shape index (κ1) is 9.10. The summed E-state index contributed by atoms with van der Waals surface area (Å²) in [6.45, 7) is 0.161. The van der Waals surface area contributed by atoms with Crippen LogP contribution < -0.4 is 5.11 Å². The Labute approximate surface area is 59.4 Å². The summed E-state index contributed by atoms with van der Waals surface area (Å²) in [5.74, 6) is -1.64. The van der Waals surface area contributed by atoms with Gasteiger partial charge in [0.1, 0.15) is 0 Å². The minimum atomic E-state index is -1.31. The fourth-order valence-electron chi connectivity index (χ4n) is 0.570. The molecule has 0 rings (SSSR count). The van der Waals surface area contributed by atoms with Crippen molar-refractivity contribution in [2.75, 3.05) is 20.6 Å². The number of hydrogen-bond donors (Lipinski definition) is 0.